The fraction of sp³-hybridized carbons (Fsp3) is 0.300. The van der Waals surface area contributed by atoms with Crippen molar-refractivity contribution in [2.45, 2.75) is 0 Å². The Bertz CT molecular complexity index is 436. The van der Waals surface area contributed by atoms with Crippen LogP contribution in [-0.4, -0.2) is 26.4 Å². The van der Waals surface area contributed by atoms with Crippen LogP contribution in [0.25, 0.3) is 0 Å². The van der Waals surface area contributed by atoms with Crippen LogP contribution in [0.4, 0.5) is 4.39 Å². The number of carbonyl (C=O) groups excluding carboxylic acids is 1. The van der Waals surface area contributed by atoms with Gasteiger partial charge in [0.15, 0.2) is 0 Å². The number of methoxy groups -OCH3 is 1. The van der Waals surface area contributed by atoms with Crippen molar-refractivity contribution in [3.8, 4) is 0 Å². The molecule has 1 aromatic rings. The smallest absolute Gasteiger partial charge is 0.337 e. The standard InChI is InChI=1S/C10H12FO3P/c1-14-10(12)7-4-8(11)6-9(5-7)15(2,3)13/h4-6H,1-3H3. The number of halogens is 1. The summed E-state index contributed by atoms with van der Waals surface area (Å²) in [7, 11) is -1.36. The van der Waals surface area contributed by atoms with Crippen molar-refractivity contribution in [3.63, 3.8) is 0 Å². The van der Waals surface area contributed by atoms with Gasteiger partial charge in [-0.25, -0.2) is 9.18 Å². The largest absolute Gasteiger partial charge is 0.465 e. The Balaban J connectivity index is 3.29. The number of carbonyl (C=O) groups is 1. The van der Waals surface area contributed by atoms with Gasteiger partial charge in [0.2, 0.25) is 0 Å². The second kappa shape index (κ2) is 4.15. The summed E-state index contributed by atoms with van der Waals surface area (Å²) in [6.45, 7) is 3.03. The third-order valence-electron chi connectivity index (χ3n) is 1.93. The summed E-state index contributed by atoms with van der Waals surface area (Å²) < 4.78 is 29.3. The molecular formula is C10H12FO3P. The molecule has 3 nitrogen and oxygen atoms in total. The summed E-state index contributed by atoms with van der Waals surface area (Å²) in [5.41, 5.74) is 0.0800. The number of esters is 1. The lowest BCUT2D eigenvalue weighted by molar-refractivity contribution is 0.0600. The van der Waals surface area contributed by atoms with E-state index in [9.17, 15) is 13.8 Å². The van der Waals surface area contributed by atoms with Gasteiger partial charge in [-0.15, -0.1) is 0 Å². The monoisotopic (exact) mass is 230 g/mol. The highest BCUT2D eigenvalue weighted by Crippen LogP contribution is 2.34. The molecule has 0 bridgehead atoms. The molecule has 0 saturated carbocycles. The third-order valence-corrected chi connectivity index (χ3v) is 3.43. The van der Waals surface area contributed by atoms with Gasteiger partial charge in [0.25, 0.3) is 0 Å². The van der Waals surface area contributed by atoms with Gasteiger partial charge in [-0.2, -0.15) is 0 Å². The molecule has 0 aliphatic carbocycles. The van der Waals surface area contributed by atoms with Crippen LogP contribution in [0.2, 0.25) is 0 Å². The van der Waals surface area contributed by atoms with Crippen LogP contribution >= 0.6 is 7.14 Å². The van der Waals surface area contributed by atoms with Crippen molar-refractivity contribution < 1.29 is 18.5 Å². The van der Waals surface area contributed by atoms with Crippen molar-refractivity contribution in [2.24, 2.45) is 0 Å². The topological polar surface area (TPSA) is 43.4 Å². The van der Waals surface area contributed by atoms with Gasteiger partial charge in [0.1, 0.15) is 13.0 Å². The summed E-state index contributed by atoms with van der Waals surface area (Å²) in [6, 6.07) is 3.63. The number of hydrogen-bond acceptors (Lipinski definition) is 3. The Hall–Kier alpha value is -1.15. The van der Waals surface area contributed by atoms with Gasteiger partial charge < -0.3 is 9.30 Å². The highest BCUT2D eigenvalue weighted by atomic mass is 31.2. The zero-order valence-corrected chi connectivity index (χ0v) is 9.68. The first-order valence-electron chi connectivity index (χ1n) is 4.29. The summed E-state index contributed by atoms with van der Waals surface area (Å²) in [4.78, 5) is 11.2. The first-order valence-corrected chi connectivity index (χ1v) is 6.89. The molecule has 0 aromatic heterocycles. The molecule has 1 rings (SSSR count). The fourth-order valence-corrected chi connectivity index (χ4v) is 2.00. The van der Waals surface area contributed by atoms with Crippen LogP contribution in [-0.2, 0) is 9.30 Å². The Labute approximate surface area is 87.6 Å². The number of ether oxygens (including phenoxy) is 1. The molecule has 0 amide bonds. The predicted octanol–water partition coefficient (Wildman–Crippen LogP) is 1.86. The van der Waals surface area contributed by atoms with Crippen molar-refractivity contribution in [3.05, 3.63) is 29.6 Å². The predicted molar refractivity (Wildman–Crippen MR) is 56.8 cm³/mol. The molecule has 5 heteroatoms. The fourth-order valence-electron chi connectivity index (χ4n) is 1.12. The Morgan fingerprint density at radius 2 is 1.93 bits per heavy atom. The van der Waals surface area contributed by atoms with Crippen LogP contribution < -0.4 is 5.30 Å². The van der Waals surface area contributed by atoms with E-state index in [1.807, 2.05) is 0 Å². The molecule has 0 aliphatic rings. The van der Waals surface area contributed by atoms with E-state index < -0.39 is 18.9 Å². The van der Waals surface area contributed by atoms with Gasteiger partial charge >= 0.3 is 5.97 Å². The SMILES string of the molecule is COC(=O)c1cc(F)cc(P(C)(C)=O)c1. The maximum absolute atomic E-state index is 13.1. The minimum absolute atomic E-state index is 0.0800. The molecule has 0 radical (unpaired) electrons. The average Bonchev–Trinajstić information content (AvgIpc) is 2.14. The van der Waals surface area contributed by atoms with Gasteiger partial charge in [0.05, 0.1) is 12.7 Å². The summed E-state index contributed by atoms with van der Waals surface area (Å²) >= 11 is 0. The minimum atomic E-state index is -2.57. The van der Waals surface area contributed by atoms with Gasteiger partial charge in [-0.1, -0.05) is 0 Å². The number of benzene rings is 1. The van der Waals surface area contributed by atoms with Crippen molar-refractivity contribution in [1.29, 1.82) is 0 Å². The normalized spacial score (nSPS) is 11.2. The number of rotatable bonds is 2. The maximum Gasteiger partial charge on any atom is 0.337 e. The lowest BCUT2D eigenvalue weighted by atomic mass is 10.2. The highest BCUT2D eigenvalue weighted by molar-refractivity contribution is 7.70. The van der Waals surface area contributed by atoms with Gasteiger partial charge in [-0.05, 0) is 31.5 Å². The van der Waals surface area contributed by atoms with E-state index in [4.69, 9.17) is 0 Å². The zero-order chi connectivity index (χ0) is 11.6. The van der Waals surface area contributed by atoms with E-state index >= 15 is 0 Å². The number of hydrogen-bond donors (Lipinski definition) is 0. The second-order valence-electron chi connectivity index (χ2n) is 3.54. The van der Waals surface area contributed by atoms with Crippen molar-refractivity contribution in [2.75, 3.05) is 20.4 Å². The minimum Gasteiger partial charge on any atom is -0.465 e. The molecule has 15 heavy (non-hydrogen) atoms. The summed E-state index contributed by atoms with van der Waals surface area (Å²) in [5.74, 6) is -1.22. The zero-order valence-electron chi connectivity index (χ0n) is 8.78. The van der Waals surface area contributed by atoms with E-state index in [1.165, 1.54) is 32.6 Å². The lowest BCUT2D eigenvalue weighted by Gasteiger charge is -2.08. The van der Waals surface area contributed by atoms with Crippen LogP contribution in [0.1, 0.15) is 10.4 Å². The van der Waals surface area contributed by atoms with E-state index in [0.29, 0.717) is 5.30 Å². The summed E-state index contributed by atoms with van der Waals surface area (Å²) in [5, 5.41) is 0.336. The molecule has 0 aliphatic heterocycles. The average molecular weight is 230 g/mol. The van der Waals surface area contributed by atoms with E-state index in [-0.39, 0.29) is 5.56 Å². The molecule has 1 aromatic carbocycles. The molecule has 0 heterocycles. The van der Waals surface area contributed by atoms with Crippen LogP contribution in [0.3, 0.4) is 0 Å². The lowest BCUT2D eigenvalue weighted by Crippen LogP contribution is -2.10. The van der Waals surface area contributed by atoms with Crippen molar-refractivity contribution >= 4 is 18.4 Å². The summed E-state index contributed by atoms with van der Waals surface area (Å²) in [6.07, 6.45) is 0. The maximum atomic E-state index is 13.1. The molecule has 0 spiro atoms. The van der Waals surface area contributed by atoms with E-state index in [1.54, 1.807) is 0 Å². The Kier molecular flexibility index (Phi) is 3.30. The third kappa shape index (κ3) is 2.90. The second-order valence-corrected chi connectivity index (χ2v) is 6.76. The first-order chi connectivity index (χ1) is 6.84. The van der Waals surface area contributed by atoms with E-state index in [0.717, 1.165) is 6.07 Å². The van der Waals surface area contributed by atoms with Gasteiger partial charge in [0, 0.05) is 5.30 Å². The Morgan fingerprint density at radius 1 is 1.33 bits per heavy atom. The Morgan fingerprint density at radius 3 is 2.40 bits per heavy atom. The van der Waals surface area contributed by atoms with Crippen LogP contribution in [0.15, 0.2) is 18.2 Å². The molecule has 0 N–H and O–H groups in total. The van der Waals surface area contributed by atoms with Crippen LogP contribution in [0.5, 0.6) is 0 Å². The molecule has 0 saturated heterocycles. The van der Waals surface area contributed by atoms with Crippen molar-refractivity contribution in [1.82, 2.24) is 0 Å². The molecule has 0 fully saturated rings. The van der Waals surface area contributed by atoms with Gasteiger partial charge in [-0.3, -0.25) is 0 Å². The molecule has 0 unspecified atom stereocenters. The van der Waals surface area contributed by atoms with E-state index in [2.05, 4.69) is 4.74 Å². The highest BCUT2D eigenvalue weighted by Gasteiger charge is 2.16. The molecular weight excluding hydrogens is 218 g/mol. The quantitative estimate of drug-likeness (QED) is 0.575. The molecule has 0 atom stereocenters. The molecule has 82 valence electrons. The van der Waals surface area contributed by atoms with Crippen LogP contribution in [0, 0.1) is 5.82 Å². The first kappa shape index (κ1) is 11.9.